The minimum Gasteiger partial charge on any atom is -0.426 e. The van der Waals surface area contributed by atoms with Gasteiger partial charge in [0.05, 0.1) is 12.8 Å². The highest BCUT2D eigenvalue weighted by Crippen LogP contribution is 2.42. The van der Waals surface area contributed by atoms with Gasteiger partial charge in [-0.3, -0.25) is 9.59 Å². The van der Waals surface area contributed by atoms with E-state index in [9.17, 15) is 9.59 Å². The van der Waals surface area contributed by atoms with Crippen molar-refractivity contribution in [3.05, 3.63) is 23.8 Å². The van der Waals surface area contributed by atoms with Gasteiger partial charge < -0.3 is 9.47 Å². The van der Waals surface area contributed by atoms with Crippen LogP contribution < -0.4 is 9.47 Å². The van der Waals surface area contributed by atoms with Crippen molar-refractivity contribution in [3.8, 4) is 11.5 Å². The van der Waals surface area contributed by atoms with Crippen molar-refractivity contribution >= 4 is 37.2 Å². The van der Waals surface area contributed by atoms with E-state index in [0.717, 1.165) is 24.3 Å². The molecule has 0 spiro atoms. The summed E-state index contributed by atoms with van der Waals surface area (Å²) in [6.45, 7) is 2.23. The first-order valence-electron chi connectivity index (χ1n) is 9.84. The zero-order valence-electron chi connectivity index (χ0n) is 16.0. The topological polar surface area (TPSA) is 52.6 Å². The van der Waals surface area contributed by atoms with Gasteiger partial charge in [-0.05, 0) is 49.1 Å². The molecule has 6 heteroatoms. The molecule has 4 nitrogen and oxygen atoms in total. The molecule has 0 bridgehead atoms. The van der Waals surface area contributed by atoms with E-state index in [1.807, 2.05) is 6.07 Å². The molecule has 0 amide bonds. The quantitative estimate of drug-likeness (QED) is 0.333. The van der Waals surface area contributed by atoms with Crippen LogP contribution in [-0.4, -0.2) is 23.4 Å². The minimum absolute atomic E-state index is 0.237. The van der Waals surface area contributed by atoms with Crippen molar-refractivity contribution in [3.63, 3.8) is 0 Å². The summed E-state index contributed by atoms with van der Waals surface area (Å²) in [6, 6.07) is 5.40. The fourth-order valence-corrected chi connectivity index (χ4v) is 4.08. The van der Waals surface area contributed by atoms with Gasteiger partial charge >= 0.3 is 11.9 Å². The molecular formula is C21H30O4S2. The number of carbonyl (C=O) groups excluding carboxylic acids is 2. The number of benzene rings is 1. The van der Waals surface area contributed by atoms with Gasteiger partial charge in [0, 0.05) is 17.6 Å². The first-order valence-corrected chi connectivity index (χ1v) is 11.1. The molecule has 0 radical (unpaired) electrons. The standard InChI is InChI=1S/C21H30O4S2/c1-2-3-15-4-6-16(7-5-15)18-9-8-17(24-20(22)10-12-26)14-19(18)25-21(23)11-13-27/h8-9,14-16,26-27H,2-7,10-13H2,1H3. The molecule has 0 aliphatic heterocycles. The normalized spacial score (nSPS) is 19.5. The fourth-order valence-electron chi connectivity index (χ4n) is 3.71. The van der Waals surface area contributed by atoms with Crippen molar-refractivity contribution in [1.29, 1.82) is 0 Å². The van der Waals surface area contributed by atoms with Crippen LogP contribution in [0.2, 0.25) is 0 Å². The van der Waals surface area contributed by atoms with Crippen molar-refractivity contribution < 1.29 is 19.1 Å². The predicted molar refractivity (Wildman–Crippen MR) is 114 cm³/mol. The SMILES string of the molecule is CCCC1CCC(c2ccc(OC(=O)CCS)cc2OC(=O)CCS)CC1. The Balaban J connectivity index is 2.16. The fraction of sp³-hybridized carbons (Fsp3) is 0.619. The molecule has 27 heavy (non-hydrogen) atoms. The predicted octanol–water partition coefficient (Wildman–Crippen LogP) is 5.21. The molecule has 2 rings (SSSR count). The van der Waals surface area contributed by atoms with Crippen molar-refractivity contribution in [1.82, 2.24) is 0 Å². The van der Waals surface area contributed by atoms with Gasteiger partial charge in [0.1, 0.15) is 11.5 Å². The summed E-state index contributed by atoms with van der Waals surface area (Å²) >= 11 is 8.14. The zero-order chi connectivity index (χ0) is 19.6. The average molecular weight is 411 g/mol. The summed E-state index contributed by atoms with van der Waals surface area (Å²) in [6.07, 6.45) is 7.62. The van der Waals surface area contributed by atoms with Crippen LogP contribution in [0.4, 0.5) is 0 Å². The maximum absolute atomic E-state index is 12.0. The molecule has 0 N–H and O–H groups in total. The largest absolute Gasteiger partial charge is 0.426 e. The van der Waals surface area contributed by atoms with E-state index in [2.05, 4.69) is 32.2 Å². The molecule has 1 aromatic rings. The summed E-state index contributed by atoms with van der Waals surface area (Å²) in [7, 11) is 0. The summed E-state index contributed by atoms with van der Waals surface area (Å²) in [5, 5.41) is 0. The number of carbonyl (C=O) groups is 2. The van der Waals surface area contributed by atoms with Gasteiger partial charge in [-0.2, -0.15) is 25.3 Å². The van der Waals surface area contributed by atoms with Crippen LogP contribution in [0.3, 0.4) is 0 Å². The highest BCUT2D eigenvalue weighted by molar-refractivity contribution is 7.80. The zero-order valence-corrected chi connectivity index (χ0v) is 17.8. The Hall–Kier alpha value is -1.14. The number of hydrogen-bond acceptors (Lipinski definition) is 6. The summed E-state index contributed by atoms with van der Waals surface area (Å²) in [4.78, 5) is 23.8. The molecule has 0 aromatic heterocycles. The molecule has 1 aliphatic carbocycles. The highest BCUT2D eigenvalue weighted by Gasteiger charge is 2.25. The van der Waals surface area contributed by atoms with Crippen molar-refractivity contribution in [2.24, 2.45) is 5.92 Å². The second-order valence-electron chi connectivity index (χ2n) is 7.10. The molecule has 0 saturated heterocycles. The second kappa shape index (κ2) is 11.6. The van der Waals surface area contributed by atoms with Gasteiger partial charge in [-0.1, -0.05) is 25.8 Å². The van der Waals surface area contributed by atoms with Crippen LogP contribution in [0, 0.1) is 5.92 Å². The van der Waals surface area contributed by atoms with E-state index in [-0.39, 0.29) is 24.8 Å². The first-order chi connectivity index (χ1) is 13.1. The van der Waals surface area contributed by atoms with Gasteiger partial charge in [0.15, 0.2) is 0 Å². The van der Waals surface area contributed by atoms with Crippen LogP contribution in [-0.2, 0) is 9.59 Å². The number of esters is 2. The van der Waals surface area contributed by atoms with Gasteiger partial charge in [0.25, 0.3) is 0 Å². The Labute approximate surface area is 173 Å². The maximum Gasteiger partial charge on any atom is 0.312 e. The van der Waals surface area contributed by atoms with Crippen LogP contribution in [0.25, 0.3) is 0 Å². The molecule has 1 saturated carbocycles. The van der Waals surface area contributed by atoms with Gasteiger partial charge in [0.2, 0.25) is 0 Å². The Kier molecular flexibility index (Phi) is 9.56. The maximum atomic E-state index is 12.0. The Morgan fingerprint density at radius 3 is 2.22 bits per heavy atom. The van der Waals surface area contributed by atoms with Crippen LogP contribution >= 0.6 is 25.3 Å². The van der Waals surface area contributed by atoms with Crippen molar-refractivity contribution in [2.45, 2.75) is 64.2 Å². The summed E-state index contributed by atoms with van der Waals surface area (Å²) < 4.78 is 10.9. The van der Waals surface area contributed by atoms with Crippen LogP contribution in [0.15, 0.2) is 18.2 Å². The molecular weight excluding hydrogens is 380 g/mol. The third-order valence-electron chi connectivity index (χ3n) is 5.06. The molecule has 0 heterocycles. The number of hydrogen-bond donors (Lipinski definition) is 2. The van der Waals surface area contributed by atoms with E-state index >= 15 is 0 Å². The van der Waals surface area contributed by atoms with E-state index in [0.29, 0.717) is 28.9 Å². The van der Waals surface area contributed by atoms with Crippen LogP contribution in [0.5, 0.6) is 11.5 Å². The first kappa shape index (κ1) is 22.2. The molecule has 1 aromatic carbocycles. The third-order valence-corrected chi connectivity index (χ3v) is 5.50. The van der Waals surface area contributed by atoms with Crippen LogP contribution in [0.1, 0.15) is 69.8 Å². The van der Waals surface area contributed by atoms with E-state index in [1.54, 1.807) is 12.1 Å². The number of thiol groups is 2. The van der Waals surface area contributed by atoms with Gasteiger partial charge in [-0.15, -0.1) is 0 Å². The highest BCUT2D eigenvalue weighted by atomic mass is 32.1. The molecule has 0 unspecified atom stereocenters. The minimum atomic E-state index is -0.342. The monoisotopic (exact) mass is 410 g/mol. The van der Waals surface area contributed by atoms with E-state index in [4.69, 9.17) is 9.47 Å². The Bertz CT molecular complexity index is 625. The second-order valence-corrected chi connectivity index (χ2v) is 8.00. The lowest BCUT2D eigenvalue weighted by Gasteiger charge is -2.29. The summed E-state index contributed by atoms with van der Waals surface area (Å²) in [5.74, 6) is 2.31. The number of rotatable bonds is 9. The molecule has 0 atom stereocenters. The Morgan fingerprint density at radius 2 is 1.63 bits per heavy atom. The molecule has 1 aliphatic rings. The summed E-state index contributed by atoms with van der Waals surface area (Å²) in [5.41, 5.74) is 1.03. The lowest BCUT2D eigenvalue weighted by atomic mass is 9.77. The smallest absolute Gasteiger partial charge is 0.312 e. The average Bonchev–Trinajstić information content (AvgIpc) is 2.63. The number of ether oxygens (including phenoxy) is 2. The molecule has 150 valence electrons. The lowest BCUT2D eigenvalue weighted by molar-refractivity contribution is -0.134. The third kappa shape index (κ3) is 7.07. The van der Waals surface area contributed by atoms with E-state index < -0.39 is 0 Å². The van der Waals surface area contributed by atoms with Gasteiger partial charge in [-0.25, -0.2) is 0 Å². The van der Waals surface area contributed by atoms with Crippen molar-refractivity contribution in [2.75, 3.05) is 11.5 Å². The molecule has 1 fully saturated rings. The lowest BCUT2D eigenvalue weighted by Crippen LogP contribution is -2.16. The Morgan fingerprint density at radius 1 is 1.00 bits per heavy atom. The van der Waals surface area contributed by atoms with E-state index in [1.165, 1.54) is 25.7 Å².